The molecular formula is C13H18O3. The molecule has 0 spiro atoms. The Morgan fingerprint density at radius 3 is 2.56 bits per heavy atom. The van der Waals surface area contributed by atoms with Gasteiger partial charge in [-0.15, -0.1) is 0 Å². The Kier molecular flexibility index (Phi) is 7.76. The van der Waals surface area contributed by atoms with Crippen molar-refractivity contribution in [2.24, 2.45) is 0 Å². The molecule has 0 atom stereocenters. The van der Waals surface area contributed by atoms with Gasteiger partial charge in [0.2, 0.25) is 0 Å². The lowest BCUT2D eigenvalue weighted by atomic mass is 10.2. The molecular weight excluding hydrogens is 204 g/mol. The largest absolute Gasteiger partial charge is 0.463 e. The van der Waals surface area contributed by atoms with Crippen LogP contribution < -0.4 is 0 Å². The quantitative estimate of drug-likeness (QED) is 0.300. The summed E-state index contributed by atoms with van der Waals surface area (Å²) in [5, 5.41) is 0. The van der Waals surface area contributed by atoms with Gasteiger partial charge in [-0.3, -0.25) is 0 Å². The first-order valence-corrected chi connectivity index (χ1v) is 5.22. The van der Waals surface area contributed by atoms with Crippen LogP contribution in [-0.2, 0) is 14.3 Å². The summed E-state index contributed by atoms with van der Waals surface area (Å²) < 4.78 is 4.77. The highest BCUT2D eigenvalue weighted by Gasteiger charge is 1.94. The number of esters is 1. The summed E-state index contributed by atoms with van der Waals surface area (Å²) in [4.78, 5) is 21.3. The van der Waals surface area contributed by atoms with Gasteiger partial charge in [0.15, 0.2) is 0 Å². The van der Waals surface area contributed by atoms with E-state index in [1.807, 2.05) is 26.0 Å². The lowest BCUT2D eigenvalue weighted by Crippen LogP contribution is -1.99. The molecule has 3 heteroatoms. The molecule has 0 aliphatic carbocycles. The number of hydrogen-bond donors (Lipinski definition) is 0. The van der Waals surface area contributed by atoms with Gasteiger partial charge in [-0.25, -0.2) is 4.79 Å². The van der Waals surface area contributed by atoms with Crippen LogP contribution in [0.2, 0.25) is 0 Å². The fourth-order valence-corrected chi connectivity index (χ4v) is 0.982. The average Bonchev–Trinajstić information content (AvgIpc) is 2.18. The van der Waals surface area contributed by atoms with E-state index in [1.165, 1.54) is 6.08 Å². The first-order chi connectivity index (χ1) is 7.60. The molecule has 0 aromatic carbocycles. The van der Waals surface area contributed by atoms with Gasteiger partial charge in [-0.2, -0.15) is 0 Å². The van der Waals surface area contributed by atoms with Crippen LogP contribution in [0, 0.1) is 0 Å². The van der Waals surface area contributed by atoms with E-state index in [-0.39, 0.29) is 5.97 Å². The van der Waals surface area contributed by atoms with Gasteiger partial charge in [0.25, 0.3) is 0 Å². The van der Waals surface area contributed by atoms with E-state index in [4.69, 9.17) is 4.74 Å². The van der Waals surface area contributed by atoms with Crippen LogP contribution in [0.5, 0.6) is 0 Å². The Morgan fingerprint density at radius 1 is 1.31 bits per heavy atom. The highest BCUT2D eigenvalue weighted by Crippen LogP contribution is 2.00. The van der Waals surface area contributed by atoms with Gasteiger partial charge in [0.1, 0.15) is 6.29 Å². The molecule has 0 saturated heterocycles. The van der Waals surface area contributed by atoms with Crippen molar-refractivity contribution >= 4 is 12.3 Å². The predicted molar refractivity (Wildman–Crippen MR) is 64.0 cm³/mol. The fraction of sp³-hybridized carbons (Fsp3) is 0.385. The minimum Gasteiger partial charge on any atom is -0.463 e. The zero-order valence-corrected chi connectivity index (χ0v) is 10.0. The average molecular weight is 222 g/mol. The third kappa shape index (κ3) is 7.74. The molecule has 0 unspecified atom stereocenters. The Balaban J connectivity index is 4.27. The second-order valence-corrected chi connectivity index (χ2v) is 3.38. The molecule has 0 aromatic rings. The van der Waals surface area contributed by atoms with E-state index in [0.717, 1.165) is 17.4 Å². The molecule has 0 amide bonds. The number of hydrogen-bond acceptors (Lipinski definition) is 3. The van der Waals surface area contributed by atoms with Gasteiger partial charge in [0.05, 0.1) is 6.61 Å². The van der Waals surface area contributed by atoms with Crippen molar-refractivity contribution in [2.45, 2.75) is 27.2 Å². The SMILES string of the molecule is CCOC(=O)C=C(C)C=CC=C(C)CC=O. The van der Waals surface area contributed by atoms with Crippen LogP contribution in [0.1, 0.15) is 27.2 Å². The van der Waals surface area contributed by atoms with Crippen LogP contribution in [0.15, 0.2) is 35.5 Å². The van der Waals surface area contributed by atoms with E-state index in [2.05, 4.69) is 0 Å². The number of rotatable bonds is 6. The van der Waals surface area contributed by atoms with E-state index < -0.39 is 0 Å². The number of ether oxygens (including phenoxy) is 1. The minimum atomic E-state index is -0.335. The van der Waals surface area contributed by atoms with E-state index in [1.54, 1.807) is 13.0 Å². The summed E-state index contributed by atoms with van der Waals surface area (Å²) in [7, 11) is 0. The van der Waals surface area contributed by atoms with E-state index in [0.29, 0.717) is 13.0 Å². The summed E-state index contributed by atoms with van der Waals surface area (Å²) in [6.45, 7) is 5.84. The Bertz CT molecular complexity index is 322. The predicted octanol–water partition coefficient (Wildman–Crippen LogP) is 2.59. The molecule has 0 aromatic heterocycles. The molecule has 0 heterocycles. The van der Waals surface area contributed by atoms with Crippen molar-refractivity contribution in [2.75, 3.05) is 6.61 Å². The smallest absolute Gasteiger partial charge is 0.330 e. The molecule has 88 valence electrons. The van der Waals surface area contributed by atoms with Gasteiger partial charge in [0, 0.05) is 12.5 Å². The zero-order chi connectivity index (χ0) is 12.4. The molecule has 0 saturated carbocycles. The monoisotopic (exact) mass is 222 g/mol. The van der Waals surface area contributed by atoms with Crippen molar-refractivity contribution in [1.82, 2.24) is 0 Å². The van der Waals surface area contributed by atoms with E-state index in [9.17, 15) is 9.59 Å². The van der Waals surface area contributed by atoms with Crippen LogP contribution in [0.3, 0.4) is 0 Å². The highest BCUT2D eigenvalue weighted by atomic mass is 16.5. The van der Waals surface area contributed by atoms with Crippen molar-refractivity contribution in [3.63, 3.8) is 0 Å². The number of aldehydes is 1. The number of carbonyl (C=O) groups excluding carboxylic acids is 2. The standard InChI is InChI=1S/C13H18O3/c1-4-16-13(15)10-12(3)7-5-6-11(2)8-9-14/h5-7,9-10H,4,8H2,1-3H3. The molecule has 0 bridgehead atoms. The molecule has 0 aliphatic heterocycles. The normalized spacial score (nSPS) is 12.9. The number of carbonyl (C=O) groups is 2. The molecule has 0 aliphatic rings. The summed E-state index contributed by atoms with van der Waals surface area (Å²) in [5.74, 6) is -0.335. The van der Waals surface area contributed by atoms with Crippen molar-refractivity contribution in [3.8, 4) is 0 Å². The third-order valence-electron chi connectivity index (χ3n) is 1.78. The molecule has 0 fully saturated rings. The second-order valence-electron chi connectivity index (χ2n) is 3.38. The maximum atomic E-state index is 11.1. The van der Waals surface area contributed by atoms with Gasteiger partial charge in [-0.05, 0) is 26.3 Å². The lowest BCUT2D eigenvalue weighted by molar-refractivity contribution is -0.137. The summed E-state index contributed by atoms with van der Waals surface area (Å²) in [6, 6.07) is 0. The van der Waals surface area contributed by atoms with Crippen LogP contribution in [-0.4, -0.2) is 18.9 Å². The second kappa shape index (κ2) is 8.65. The molecule has 0 radical (unpaired) electrons. The molecule has 0 rings (SSSR count). The van der Waals surface area contributed by atoms with E-state index >= 15 is 0 Å². The highest BCUT2D eigenvalue weighted by molar-refractivity contribution is 5.83. The third-order valence-corrected chi connectivity index (χ3v) is 1.78. The fourth-order valence-electron chi connectivity index (χ4n) is 0.982. The first kappa shape index (κ1) is 14.4. The van der Waals surface area contributed by atoms with Crippen molar-refractivity contribution in [3.05, 3.63) is 35.5 Å². The Hall–Kier alpha value is -1.64. The molecule has 16 heavy (non-hydrogen) atoms. The Morgan fingerprint density at radius 2 is 2.00 bits per heavy atom. The van der Waals surface area contributed by atoms with Gasteiger partial charge < -0.3 is 9.53 Å². The minimum absolute atomic E-state index is 0.335. The summed E-state index contributed by atoms with van der Waals surface area (Å²) >= 11 is 0. The lowest BCUT2D eigenvalue weighted by Gasteiger charge is -1.96. The summed E-state index contributed by atoms with van der Waals surface area (Å²) in [6.07, 6.45) is 8.18. The molecule has 3 nitrogen and oxygen atoms in total. The number of allylic oxidation sites excluding steroid dienone is 5. The maximum absolute atomic E-state index is 11.1. The van der Waals surface area contributed by atoms with Crippen LogP contribution >= 0.6 is 0 Å². The van der Waals surface area contributed by atoms with Crippen molar-refractivity contribution in [1.29, 1.82) is 0 Å². The first-order valence-electron chi connectivity index (χ1n) is 5.22. The van der Waals surface area contributed by atoms with Crippen molar-refractivity contribution < 1.29 is 14.3 Å². The molecule has 0 N–H and O–H groups in total. The topological polar surface area (TPSA) is 43.4 Å². The zero-order valence-electron chi connectivity index (χ0n) is 10.0. The summed E-state index contributed by atoms with van der Waals surface area (Å²) in [5.41, 5.74) is 1.80. The maximum Gasteiger partial charge on any atom is 0.330 e. The van der Waals surface area contributed by atoms with Gasteiger partial charge >= 0.3 is 5.97 Å². The van der Waals surface area contributed by atoms with Gasteiger partial charge in [-0.1, -0.05) is 23.8 Å². The van der Waals surface area contributed by atoms with Crippen LogP contribution in [0.4, 0.5) is 0 Å². The van der Waals surface area contributed by atoms with Crippen LogP contribution in [0.25, 0.3) is 0 Å². The Labute approximate surface area is 96.5 Å².